The molecular weight excluding hydrogens is 496 g/mol. The molecule has 4 rings (SSSR count). The molecule has 0 aliphatic rings. The van der Waals surface area contributed by atoms with Gasteiger partial charge in [0.05, 0.1) is 17.5 Å². The molecule has 0 aliphatic carbocycles. The van der Waals surface area contributed by atoms with E-state index < -0.39 is 28.4 Å². The number of imidazole rings is 1. The Bertz CT molecular complexity index is 1420. The van der Waals surface area contributed by atoms with Crippen LogP contribution in [-0.4, -0.2) is 25.8 Å². The smallest absolute Gasteiger partial charge is 0.228 e. The first-order chi connectivity index (χ1) is 17.6. The highest BCUT2D eigenvalue weighted by Gasteiger charge is 2.31. The van der Waals surface area contributed by atoms with Crippen molar-refractivity contribution in [2.75, 3.05) is 11.1 Å². The zero-order chi connectivity index (χ0) is 26.7. The molecule has 0 radical (unpaired) electrons. The van der Waals surface area contributed by atoms with Crippen LogP contribution in [0.15, 0.2) is 65.6 Å². The van der Waals surface area contributed by atoms with Crippen LogP contribution in [-0.2, 0) is 34.5 Å². The summed E-state index contributed by atoms with van der Waals surface area (Å²) >= 11 is -0.780. The van der Waals surface area contributed by atoms with Crippen LogP contribution in [0, 0.1) is 11.6 Å². The predicted octanol–water partition coefficient (Wildman–Crippen LogP) is 6.30. The minimum Gasteiger partial charge on any atom is -0.477 e. The summed E-state index contributed by atoms with van der Waals surface area (Å²) < 4.78 is 45.4. The molecule has 6 nitrogen and oxygen atoms in total. The molecule has 2 N–H and O–H groups in total. The molecule has 194 valence electrons. The van der Waals surface area contributed by atoms with Crippen molar-refractivity contribution in [3.8, 4) is 5.75 Å². The summed E-state index contributed by atoms with van der Waals surface area (Å²) in [5, 5.41) is 2.92. The largest absolute Gasteiger partial charge is 0.477 e. The SMILES string of the molecule is CCn1c(C(C)(C)Oc2ccc(F)cc2F)nc2cc(NC(=O)Cc3ccc([S+](O)CC)cc3)ccc21. The van der Waals surface area contributed by atoms with Crippen LogP contribution < -0.4 is 10.1 Å². The Kier molecular flexibility index (Phi) is 7.85. The van der Waals surface area contributed by atoms with Gasteiger partial charge in [-0.2, -0.15) is 4.55 Å². The molecule has 0 fully saturated rings. The summed E-state index contributed by atoms with van der Waals surface area (Å²) in [6, 6.07) is 16.1. The van der Waals surface area contributed by atoms with Crippen molar-refractivity contribution in [3.05, 3.63) is 83.7 Å². The summed E-state index contributed by atoms with van der Waals surface area (Å²) in [7, 11) is 0. The highest BCUT2D eigenvalue weighted by molar-refractivity contribution is 7.91. The monoisotopic (exact) mass is 526 g/mol. The van der Waals surface area contributed by atoms with Crippen LogP contribution in [0.4, 0.5) is 14.5 Å². The van der Waals surface area contributed by atoms with Gasteiger partial charge in [-0.25, -0.2) is 13.8 Å². The second-order valence-corrected chi connectivity index (χ2v) is 10.9. The third-order valence-corrected chi connectivity index (χ3v) is 7.34. The molecule has 4 aromatic rings. The second-order valence-electron chi connectivity index (χ2n) is 9.09. The van der Waals surface area contributed by atoms with Gasteiger partial charge in [0.2, 0.25) is 5.91 Å². The molecule has 0 saturated heterocycles. The van der Waals surface area contributed by atoms with Gasteiger partial charge < -0.3 is 14.6 Å². The number of carbonyl (C=O) groups is 1. The van der Waals surface area contributed by atoms with Gasteiger partial charge >= 0.3 is 0 Å². The topological polar surface area (TPSA) is 76.4 Å². The number of nitrogens with one attached hydrogen (secondary N) is 1. The lowest BCUT2D eigenvalue weighted by molar-refractivity contribution is -0.115. The van der Waals surface area contributed by atoms with Gasteiger partial charge in [0.1, 0.15) is 11.6 Å². The van der Waals surface area contributed by atoms with E-state index in [2.05, 4.69) is 5.32 Å². The maximum atomic E-state index is 14.2. The van der Waals surface area contributed by atoms with Gasteiger partial charge in [0.25, 0.3) is 0 Å². The number of carbonyl (C=O) groups excluding carboxylic acids is 1. The molecule has 37 heavy (non-hydrogen) atoms. The Morgan fingerprint density at radius 3 is 2.46 bits per heavy atom. The van der Waals surface area contributed by atoms with Crippen molar-refractivity contribution < 1.29 is 22.9 Å². The number of halogens is 2. The highest BCUT2D eigenvalue weighted by Crippen LogP contribution is 2.32. The van der Waals surface area contributed by atoms with Crippen molar-refractivity contribution in [2.24, 2.45) is 0 Å². The van der Waals surface area contributed by atoms with Crippen molar-refractivity contribution in [1.82, 2.24) is 9.55 Å². The number of benzene rings is 3. The maximum absolute atomic E-state index is 14.2. The quantitative estimate of drug-likeness (QED) is 0.251. The van der Waals surface area contributed by atoms with Crippen LogP contribution in [0.2, 0.25) is 0 Å². The molecule has 1 heterocycles. The van der Waals surface area contributed by atoms with Crippen LogP contribution in [0.3, 0.4) is 0 Å². The van der Waals surface area contributed by atoms with Crippen LogP contribution in [0.1, 0.15) is 39.1 Å². The minimum absolute atomic E-state index is 0.0632. The molecule has 9 heteroatoms. The molecule has 0 spiro atoms. The molecule has 1 amide bonds. The Labute approximate surface area is 217 Å². The van der Waals surface area contributed by atoms with E-state index in [1.54, 1.807) is 19.9 Å². The van der Waals surface area contributed by atoms with Crippen LogP contribution in [0.5, 0.6) is 5.75 Å². The van der Waals surface area contributed by atoms with Crippen molar-refractivity contribution in [3.63, 3.8) is 0 Å². The van der Waals surface area contributed by atoms with E-state index in [-0.39, 0.29) is 18.1 Å². The number of aromatic nitrogens is 2. The van der Waals surface area contributed by atoms with Crippen LogP contribution in [0.25, 0.3) is 11.0 Å². The normalized spacial score (nSPS) is 12.5. The number of amides is 1. The molecule has 1 aromatic heterocycles. The van der Waals surface area contributed by atoms with Gasteiger partial charge in [-0.15, -0.1) is 0 Å². The standard InChI is InChI=1S/C28H29F2N3O3S/c1-5-33-24-13-10-20(31-26(34)15-18-7-11-21(12-8-18)37(35)6-2)17-23(24)32-27(33)28(3,4)36-25-14-9-19(29)16-22(25)30/h7-14,16-17,35H,5-6,15H2,1-4H3/p+1. The number of rotatable bonds is 9. The van der Waals surface area contributed by atoms with Gasteiger partial charge in [-0.1, -0.05) is 12.1 Å². The van der Waals surface area contributed by atoms with Gasteiger partial charge in [-0.05, 0) is 75.7 Å². The Morgan fingerprint density at radius 1 is 1.08 bits per heavy atom. The maximum Gasteiger partial charge on any atom is 0.228 e. The zero-order valence-corrected chi connectivity index (χ0v) is 22.0. The van der Waals surface area contributed by atoms with E-state index in [9.17, 15) is 18.1 Å². The summed E-state index contributed by atoms with van der Waals surface area (Å²) in [6.07, 6.45) is 0.197. The molecule has 3 aromatic carbocycles. The van der Waals surface area contributed by atoms with E-state index in [0.717, 1.165) is 28.1 Å². The Balaban J connectivity index is 1.53. The molecule has 0 aliphatic heterocycles. The van der Waals surface area contributed by atoms with Crippen molar-refractivity contribution >= 4 is 33.8 Å². The molecule has 0 bridgehead atoms. The number of fused-ring (bicyclic) bond motifs is 1. The van der Waals surface area contributed by atoms with E-state index in [1.807, 2.05) is 54.8 Å². The molecule has 1 atom stereocenters. The average molecular weight is 527 g/mol. The lowest BCUT2D eigenvalue weighted by Gasteiger charge is -2.26. The lowest BCUT2D eigenvalue weighted by atomic mass is 10.1. The van der Waals surface area contributed by atoms with Gasteiger partial charge in [0.15, 0.2) is 39.1 Å². The second kappa shape index (κ2) is 10.9. The van der Waals surface area contributed by atoms with E-state index >= 15 is 0 Å². The third kappa shape index (κ3) is 5.94. The fraction of sp³-hybridized carbons (Fsp3) is 0.286. The summed E-state index contributed by atoms with van der Waals surface area (Å²) in [5.41, 5.74) is 1.94. The molecular formula is C28H30F2N3O3S+. The number of ether oxygens (including phenoxy) is 1. The first-order valence-corrected chi connectivity index (χ1v) is 13.4. The summed E-state index contributed by atoms with van der Waals surface area (Å²) in [4.78, 5) is 18.3. The first-order valence-electron chi connectivity index (χ1n) is 12.0. The van der Waals surface area contributed by atoms with Crippen molar-refractivity contribution in [1.29, 1.82) is 0 Å². The van der Waals surface area contributed by atoms with Crippen molar-refractivity contribution in [2.45, 2.75) is 51.2 Å². The average Bonchev–Trinajstić information content (AvgIpc) is 3.24. The predicted molar refractivity (Wildman–Crippen MR) is 143 cm³/mol. The van der Waals surface area contributed by atoms with Crippen LogP contribution >= 0.6 is 0 Å². The van der Waals surface area contributed by atoms with E-state index in [0.29, 0.717) is 29.3 Å². The molecule has 0 saturated carbocycles. The van der Waals surface area contributed by atoms with Gasteiger partial charge in [0, 0.05) is 18.3 Å². The fourth-order valence-electron chi connectivity index (χ4n) is 4.19. The lowest BCUT2D eigenvalue weighted by Crippen LogP contribution is -2.30. The van der Waals surface area contributed by atoms with Gasteiger partial charge in [-0.3, -0.25) is 4.79 Å². The number of anilines is 1. The van der Waals surface area contributed by atoms with E-state index in [1.165, 1.54) is 6.07 Å². The summed E-state index contributed by atoms with van der Waals surface area (Å²) in [6.45, 7) is 8.04. The number of hydrogen-bond donors (Lipinski definition) is 2. The van der Waals surface area contributed by atoms with E-state index in [4.69, 9.17) is 9.72 Å². The zero-order valence-electron chi connectivity index (χ0n) is 21.2. The highest BCUT2D eigenvalue weighted by atomic mass is 32.2. The Hall–Kier alpha value is -3.43. The third-order valence-electron chi connectivity index (χ3n) is 5.98. The number of aryl methyl sites for hydroxylation is 1. The fourth-order valence-corrected chi connectivity index (χ4v) is 4.97. The summed E-state index contributed by atoms with van der Waals surface area (Å²) in [5.74, 6) is -0.459. The minimum atomic E-state index is -1.02. The molecule has 1 unspecified atom stereocenters. The number of nitrogens with zero attached hydrogens (tertiary/aromatic N) is 2. The Morgan fingerprint density at radius 2 is 1.81 bits per heavy atom. The first kappa shape index (κ1) is 26.6. The number of hydrogen-bond acceptors (Lipinski definition) is 4.